The quantitative estimate of drug-likeness (QED) is 0.911. The zero-order chi connectivity index (χ0) is 14.0. The molecule has 0 saturated carbocycles. The highest BCUT2D eigenvalue weighted by atomic mass is 35.5. The molecular weight excluding hydrogens is 256 g/mol. The van der Waals surface area contributed by atoms with E-state index in [-0.39, 0.29) is 12.1 Å². The summed E-state index contributed by atoms with van der Waals surface area (Å²) in [5.74, 6) is 0. The summed E-state index contributed by atoms with van der Waals surface area (Å²) in [6, 6.07) is 8.50. The van der Waals surface area contributed by atoms with Crippen LogP contribution in [-0.4, -0.2) is 24.0 Å². The van der Waals surface area contributed by atoms with E-state index >= 15 is 0 Å². The van der Waals surface area contributed by atoms with Crippen molar-refractivity contribution in [2.75, 3.05) is 13.1 Å². The van der Waals surface area contributed by atoms with Gasteiger partial charge in [0, 0.05) is 23.7 Å². The first-order chi connectivity index (χ1) is 8.89. The molecule has 0 aromatic heterocycles. The van der Waals surface area contributed by atoms with E-state index in [0.29, 0.717) is 5.41 Å². The molecule has 1 saturated heterocycles. The number of likely N-dealkylation sites (tertiary alicyclic amines) is 1. The molecule has 2 rings (SSSR count). The number of nitrogens with zero attached hydrogens (tertiary/aromatic N) is 1. The molecule has 2 nitrogen and oxygen atoms in total. The van der Waals surface area contributed by atoms with Crippen molar-refractivity contribution in [2.45, 2.75) is 45.7 Å². The van der Waals surface area contributed by atoms with Crippen LogP contribution in [0.4, 0.5) is 0 Å². The van der Waals surface area contributed by atoms with Crippen molar-refractivity contribution in [2.24, 2.45) is 11.1 Å². The summed E-state index contributed by atoms with van der Waals surface area (Å²) >= 11 is 6.13. The Morgan fingerprint density at radius 1 is 1.37 bits per heavy atom. The molecule has 2 unspecified atom stereocenters. The fourth-order valence-electron chi connectivity index (χ4n) is 3.24. The Morgan fingerprint density at radius 3 is 2.68 bits per heavy atom. The summed E-state index contributed by atoms with van der Waals surface area (Å²) in [6.07, 6.45) is 2.54. The Labute approximate surface area is 121 Å². The average Bonchev–Trinajstić information content (AvgIpc) is 2.27. The summed E-state index contributed by atoms with van der Waals surface area (Å²) in [4.78, 5) is 2.53. The number of halogens is 1. The van der Waals surface area contributed by atoms with E-state index in [4.69, 9.17) is 17.3 Å². The lowest BCUT2D eigenvalue weighted by molar-refractivity contribution is 0.0688. The van der Waals surface area contributed by atoms with Crippen LogP contribution in [0.3, 0.4) is 0 Å². The van der Waals surface area contributed by atoms with Crippen LogP contribution in [0.5, 0.6) is 0 Å². The second kappa shape index (κ2) is 5.82. The zero-order valence-corrected chi connectivity index (χ0v) is 13.0. The predicted molar refractivity (Wildman–Crippen MR) is 82.4 cm³/mol. The van der Waals surface area contributed by atoms with Crippen LogP contribution in [0.1, 0.15) is 45.2 Å². The molecule has 1 heterocycles. The molecule has 2 atom stereocenters. The van der Waals surface area contributed by atoms with Crippen molar-refractivity contribution in [3.63, 3.8) is 0 Å². The fourth-order valence-corrected chi connectivity index (χ4v) is 3.44. The molecule has 106 valence electrons. The third-order valence-electron chi connectivity index (χ3n) is 4.01. The fraction of sp³-hybridized carbons (Fsp3) is 0.625. The van der Waals surface area contributed by atoms with Gasteiger partial charge >= 0.3 is 0 Å². The Kier molecular flexibility index (Phi) is 4.54. The average molecular weight is 281 g/mol. The first-order valence-electron chi connectivity index (χ1n) is 7.14. The molecule has 1 aromatic rings. The van der Waals surface area contributed by atoms with Gasteiger partial charge < -0.3 is 5.73 Å². The number of piperidine rings is 1. The van der Waals surface area contributed by atoms with E-state index in [9.17, 15) is 0 Å². The van der Waals surface area contributed by atoms with Gasteiger partial charge in [0.15, 0.2) is 0 Å². The maximum atomic E-state index is 6.25. The van der Waals surface area contributed by atoms with Crippen molar-refractivity contribution in [1.82, 2.24) is 4.90 Å². The Balaban J connectivity index is 2.25. The van der Waals surface area contributed by atoms with Crippen molar-refractivity contribution in [3.8, 4) is 0 Å². The molecule has 3 heteroatoms. The van der Waals surface area contributed by atoms with E-state index in [1.807, 2.05) is 12.1 Å². The minimum absolute atomic E-state index is 0.104. The van der Waals surface area contributed by atoms with Crippen molar-refractivity contribution >= 4 is 11.6 Å². The Bertz CT molecular complexity index is 429. The highest BCUT2D eigenvalue weighted by Crippen LogP contribution is 2.35. The molecule has 0 spiro atoms. The van der Waals surface area contributed by atoms with Crippen molar-refractivity contribution < 1.29 is 0 Å². The molecule has 0 aliphatic carbocycles. The summed E-state index contributed by atoms with van der Waals surface area (Å²) in [7, 11) is 0. The monoisotopic (exact) mass is 280 g/mol. The van der Waals surface area contributed by atoms with Crippen molar-refractivity contribution in [3.05, 3.63) is 34.9 Å². The molecule has 19 heavy (non-hydrogen) atoms. The van der Waals surface area contributed by atoms with Gasteiger partial charge in [0.25, 0.3) is 0 Å². The van der Waals surface area contributed by atoms with Crippen LogP contribution in [-0.2, 0) is 0 Å². The molecule has 1 aromatic carbocycles. The van der Waals surface area contributed by atoms with Crippen LogP contribution in [0.25, 0.3) is 0 Å². The predicted octanol–water partition coefficient (Wildman–Crippen LogP) is 3.85. The maximum Gasteiger partial charge on any atom is 0.0497 e. The van der Waals surface area contributed by atoms with Crippen LogP contribution < -0.4 is 5.73 Å². The van der Waals surface area contributed by atoms with E-state index in [1.54, 1.807) is 0 Å². The lowest BCUT2D eigenvalue weighted by atomic mass is 9.82. The Hall–Kier alpha value is -0.570. The normalized spacial score (nSPS) is 23.0. The van der Waals surface area contributed by atoms with Gasteiger partial charge in [-0.25, -0.2) is 0 Å². The van der Waals surface area contributed by atoms with Gasteiger partial charge in [0.05, 0.1) is 0 Å². The van der Waals surface area contributed by atoms with Crippen LogP contribution in [0.15, 0.2) is 24.3 Å². The number of hydrogen-bond acceptors (Lipinski definition) is 2. The summed E-state index contributed by atoms with van der Waals surface area (Å²) in [6.45, 7) is 9.01. The SMILES string of the molecule is CC(N)C(c1cccc(Cl)c1)N1CCCC(C)(C)C1. The smallest absolute Gasteiger partial charge is 0.0497 e. The second-order valence-corrected chi connectivity index (χ2v) is 7.03. The Morgan fingerprint density at radius 2 is 2.11 bits per heavy atom. The molecule has 2 N–H and O–H groups in total. The van der Waals surface area contributed by atoms with Crippen LogP contribution in [0.2, 0.25) is 5.02 Å². The number of nitrogens with two attached hydrogens (primary N) is 1. The summed E-state index contributed by atoms with van der Waals surface area (Å²) in [5.41, 5.74) is 7.87. The van der Waals surface area contributed by atoms with E-state index in [1.165, 1.54) is 18.4 Å². The minimum Gasteiger partial charge on any atom is -0.326 e. The van der Waals surface area contributed by atoms with Crippen molar-refractivity contribution in [1.29, 1.82) is 0 Å². The lowest BCUT2D eigenvalue weighted by Gasteiger charge is -2.43. The molecule has 0 amide bonds. The summed E-state index contributed by atoms with van der Waals surface area (Å²) < 4.78 is 0. The zero-order valence-electron chi connectivity index (χ0n) is 12.2. The topological polar surface area (TPSA) is 29.3 Å². The van der Waals surface area contributed by atoms with Gasteiger partial charge in [-0.05, 0) is 49.4 Å². The van der Waals surface area contributed by atoms with Gasteiger partial charge in [0.2, 0.25) is 0 Å². The standard InChI is InChI=1S/C16H25ClN2/c1-12(18)15(13-6-4-7-14(17)10-13)19-9-5-8-16(2,3)11-19/h4,6-7,10,12,15H,5,8-9,11,18H2,1-3H3. The highest BCUT2D eigenvalue weighted by molar-refractivity contribution is 6.30. The molecule has 1 fully saturated rings. The molecular formula is C16H25ClN2. The molecule has 0 radical (unpaired) electrons. The molecule has 1 aliphatic rings. The summed E-state index contributed by atoms with van der Waals surface area (Å²) in [5, 5.41) is 0.791. The lowest BCUT2D eigenvalue weighted by Crippen LogP contribution is -2.47. The number of benzene rings is 1. The first-order valence-corrected chi connectivity index (χ1v) is 7.52. The van der Waals surface area contributed by atoms with E-state index in [2.05, 4.69) is 37.8 Å². The van der Waals surface area contributed by atoms with E-state index in [0.717, 1.165) is 18.1 Å². The van der Waals surface area contributed by atoms with Gasteiger partial charge in [-0.15, -0.1) is 0 Å². The molecule has 1 aliphatic heterocycles. The van der Waals surface area contributed by atoms with Gasteiger partial charge in [0.1, 0.15) is 0 Å². The number of hydrogen-bond donors (Lipinski definition) is 1. The maximum absolute atomic E-state index is 6.25. The highest BCUT2D eigenvalue weighted by Gasteiger charge is 2.32. The van der Waals surface area contributed by atoms with Crippen LogP contribution >= 0.6 is 11.6 Å². The third kappa shape index (κ3) is 3.71. The second-order valence-electron chi connectivity index (χ2n) is 6.60. The third-order valence-corrected chi connectivity index (χ3v) is 4.25. The number of rotatable bonds is 3. The van der Waals surface area contributed by atoms with Crippen LogP contribution in [0, 0.1) is 5.41 Å². The minimum atomic E-state index is 0.104. The van der Waals surface area contributed by atoms with Gasteiger partial charge in [-0.1, -0.05) is 37.6 Å². The van der Waals surface area contributed by atoms with Gasteiger partial charge in [-0.2, -0.15) is 0 Å². The molecule has 0 bridgehead atoms. The first kappa shape index (κ1) is 14.8. The van der Waals surface area contributed by atoms with Gasteiger partial charge in [-0.3, -0.25) is 4.90 Å². The van der Waals surface area contributed by atoms with E-state index < -0.39 is 0 Å². The largest absolute Gasteiger partial charge is 0.326 e.